The summed E-state index contributed by atoms with van der Waals surface area (Å²) in [6, 6.07) is 5.00. The van der Waals surface area contributed by atoms with Gasteiger partial charge in [0, 0.05) is 29.0 Å². The van der Waals surface area contributed by atoms with Gasteiger partial charge in [-0.05, 0) is 31.5 Å². The summed E-state index contributed by atoms with van der Waals surface area (Å²) in [5.41, 5.74) is -1.05. The zero-order chi connectivity index (χ0) is 17.4. The number of benzene rings is 1. The van der Waals surface area contributed by atoms with E-state index in [2.05, 4.69) is 5.32 Å². The fourth-order valence-electron chi connectivity index (χ4n) is 3.15. The first-order valence-corrected chi connectivity index (χ1v) is 7.97. The van der Waals surface area contributed by atoms with Crippen molar-refractivity contribution in [2.24, 2.45) is 5.41 Å². The highest BCUT2D eigenvalue weighted by Crippen LogP contribution is 2.51. The van der Waals surface area contributed by atoms with Crippen molar-refractivity contribution in [3.8, 4) is 0 Å². The van der Waals surface area contributed by atoms with E-state index in [1.807, 2.05) is 6.92 Å². The molecular formula is C17H22ClNO4. The number of rotatable bonds is 5. The molecule has 1 aromatic rings. The molecular weight excluding hydrogens is 318 g/mol. The first-order valence-electron chi connectivity index (χ1n) is 7.60. The van der Waals surface area contributed by atoms with Crippen molar-refractivity contribution >= 4 is 23.5 Å². The van der Waals surface area contributed by atoms with Crippen molar-refractivity contribution in [2.75, 3.05) is 6.61 Å². The van der Waals surface area contributed by atoms with Crippen LogP contribution < -0.4 is 5.32 Å². The van der Waals surface area contributed by atoms with Crippen molar-refractivity contribution < 1.29 is 19.4 Å². The van der Waals surface area contributed by atoms with Gasteiger partial charge in [0.2, 0.25) is 0 Å². The van der Waals surface area contributed by atoms with E-state index in [9.17, 15) is 14.7 Å². The summed E-state index contributed by atoms with van der Waals surface area (Å²) in [6.45, 7) is 7.71. The van der Waals surface area contributed by atoms with Gasteiger partial charge in [-0.1, -0.05) is 31.5 Å². The van der Waals surface area contributed by atoms with Crippen LogP contribution in [0.5, 0.6) is 0 Å². The van der Waals surface area contributed by atoms with E-state index in [4.69, 9.17) is 16.3 Å². The Kier molecular flexibility index (Phi) is 4.74. The predicted molar refractivity (Wildman–Crippen MR) is 87.8 cm³/mol. The van der Waals surface area contributed by atoms with Crippen molar-refractivity contribution in [3.63, 3.8) is 0 Å². The van der Waals surface area contributed by atoms with Crippen LogP contribution in [0.2, 0.25) is 5.02 Å². The number of hydrogen-bond acceptors (Lipinski definition) is 3. The smallest absolute Gasteiger partial charge is 0.330 e. The Balaban J connectivity index is 2.30. The van der Waals surface area contributed by atoms with Gasteiger partial charge < -0.3 is 15.2 Å². The Hall–Kier alpha value is -1.59. The van der Waals surface area contributed by atoms with E-state index in [-0.39, 0.29) is 12.5 Å². The van der Waals surface area contributed by atoms with Gasteiger partial charge in [-0.3, -0.25) is 4.79 Å². The number of nitrogens with one attached hydrogen (secondary N) is 1. The summed E-state index contributed by atoms with van der Waals surface area (Å²) < 4.78 is 5.59. The first-order chi connectivity index (χ1) is 10.7. The largest absolute Gasteiger partial charge is 0.479 e. The van der Waals surface area contributed by atoms with Gasteiger partial charge in [0.1, 0.15) is 5.54 Å². The molecule has 1 aromatic carbocycles. The molecule has 1 fully saturated rings. The molecule has 0 saturated heterocycles. The molecule has 2 N–H and O–H groups in total. The molecule has 23 heavy (non-hydrogen) atoms. The van der Waals surface area contributed by atoms with Crippen LogP contribution in [-0.2, 0) is 9.53 Å². The standard InChI is InChI=1S/C17H22ClNO4/c1-5-23-13-9-17(15(21)22,16(13,3)4)19-14(20)11-7-6-8-12(18)10(11)2/h6-8,13H,5,9H2,1-4H3,(H,19,20)(H,21,22). The zero-order valence-corrected chi connectivity index (χ0v) is 14.5. The molecule has 0 aromatic heterocycles. The number of amides is 1. The van der Waals surface area contributed by atoms with Crippen molar-refractivity contribution in [3.05, 3.63) is 34.3 Å². The summed E-state index contributed by atoms with van der Waals surface area (Å²) in [5.74, 6) is -1.48. The highest BCUT2D eigenvalue weighted by molar-refractivity contribution is 6.31. The lowest BCUT2D eigenvalue weighted by Gasteiger charge is -2.58. The molecule has 5 nitrogen and oxygen atoms in total. The van der Waals surface area contributed by atoms with Crippen molar-refractivity contribution in [1.82, 2.24) is 5.32 Å². The lowest BCUT2D eigenvalue weighted by atomic mass is 9.54. The summed E-state index contributed by atoms with van der Waals surface area (Å²) >= 11 is 6.04. The van der Waals surface area contributed by atoms with E-state index >= 15 is 0 Å². The molecule has 2 unspecified atom stereocenters. The molecule has 0 heterocycles. The summed E-state index contributed by atoms with van der Waals surface area (Å²) in [5, 5.41) is 12.9. The maximum Gasteiger partial charge on any atom is 0.330 e. The molecule has 6 heteroatoms. The van der Waals surface area contributed by atoms with Crippen LogP contribution in [-0.4, -0.2) is 35.2 Å². The Morgan fingerprint density at radius 3 is 2.61 bits per heavy atom. The number of ether oxygens (including phenoxy) is 1. The van der Waals surface area contributed by atoms with Crippen molar-refractivity contribution in [1.29, 1.82) is 0 Å². The number of aliphatic carboxylic acids is 1. The van der Waals surface area contributed by atoms with Gasteiger partial charge in [0.15, 0.2) is 0 Å². The SMILES string of the molecule is CCOC1CC(NC(=O)c2cccc(Cl)c2C)(C(=O)O)C1(C)C. The zero-order valence-electron chi connectivity index (χ0n) is 13.8. The minimum absolute atomic E-state index is 0.204. The molecule has 1 amide bonds. The summed E-state index contributed by atoms with van der Waals surface area (Å²) in [6.07, 6.45) is 0.0403. The Bertz CT molecular complexity index is 643. The van der Waals surface area contributed by atoms with E-state index < -0.39 is 22.8 Å². The minimum atomic E-state index is -1.35. The average molecular weight is 340 g/mol. The molecule has 1 saturated carbocycles. The van der Waals surface area contributed by atoms with Gasteiger partial charge in [-0.2, -0.15) is 0 Å². The first kappa shape index (κ1) is 17.8. The maximum absolute atomic E-state index is 12.6. The Morgan fingerprint density at radius 2 is 2.09 bits per heavy atom. The third-order valence-electron chi connectivity index (χ3n) is 4.97. The molecule has 0 aliphatic heterocycles. The third-order valence-corrected chi connectivity index (χ3v) is 5.38. The highest BCUT2D eigenvalue weighted by Gasteiger charge is 2.66. The lowest BCUT2D eigenvalue weighted by molar-refractivity contribution is -0.190. The molecule has 1 aliphatic rings. The van der Waals surface area contributed by atoms with E-state index in [0.29, 0.717) is 22.8 Å². The van der Waals surface area contributed by atoms with E-state index in [1.54, 1.807) is 39.0 Å². The van der Waals surface area contributed by atoms with Gasteiger partial charge in [0.05, 0.1) is 6.10 Å². The number of carboxylic acid groups (broad SMARTS) is 1. The van der Waals surface area contributed by atoms with Gasteiger partial charge in [0.25, 0.3) is 5.91 Å². The van der Waals surface area contributed by atoms with E-state index in [1.165, 1.54) is 0 Å². The van der Waals surface area contributed by atoms with Crippen LogP contribution in [0, 0.1) is 12.3 Å². The second-order valence-electron chi connectivity index (χ2n) is 6.45. The highest BCUT2D eigenvalue weighted by atomic mass is 35.5. The average Bonchev–Trinajstić information content (AvgIpc) is 2.48. The Morgan fingerprint density at radius 1 is 1.43 bits per heavy atom. The maximum atomic E-state index is 12.6. The predicted octanol–water partition coefficient (Wildman–Crippen LogP) is 3.04. The fourth-order valence-corrected chi connectivity index (χ4v) is 3.33. The Labute approximate surface area is 141 Å². The van der Waals surface area contributed by atoms with Crippen LogP contribution in [0.1, 0.15) is 43.1 Å². The molecule has 0 radical (unpaired) electrons. The minimum Gasteiger partial charge on any atom is -0.479 e. The number of carbonyl (C=O) groups is 2. The monoisotopic (exact) mass is 339 g/mol. The van der Waals surface area contributed by atoms with Crippen molar-refractivity contribution in [2.45, 2.75) is 45.8 Å². The molecule has 2 rings (SSSR count). The fraction of sp³-hybridized carbons (Fsp3) is 0.529. The molecule has 0 bridgehead atoms. The van der Waals surface area contributed by atoms with Gasteiger partial charge in [-0.25, -0.2) is 4.79 Å². The van der Waals surface area contributed by atoms with Crippen LogP contribution >= 0.6 is 11.6 Å². The van der Waals surface area contributed by atoms with Crippen LogP contribution in [0.4, 0.5) is 0 Å². The van der Waals surface area contributed by atoms with E-state index in [0.717, 1.165) is 0 Å². The number of hydrogen-bond donors (Lipinski definition) is 2. The van der Waals surface area contributed by atoms with Crippen LogP contribution in [0.3, 0.4) is 0 Å². The normalized spacial score (nSPS) is 25.5. The molecule has 126 valence electrons. The summed E-state index contributed by atoms with van der Waals surface area (Å²) in [7, 11) is 0. The second-order valence-corrected chi connectivity index (χ2v) is 6.85. The number of carboxylic acids is 1. The number of halogens is 1. The number of carbonyl (C=O) groups excluding carboxylic acids is 1. The quantitative estimate of drug-likeness (QED) is 0.864. The third kappa shape index (κ3) is 2.72. The molecule has 1 aliphatic carbocycles. The molecule has 2 atom stereocenters. The van der Waals surface area contributed by atoms with Gasteiger partial charge >= 0.3 is 5.97 Å². The lowest BCUT2D eigenvalue weighted by Crippen LogP contribution is -2.76. The second kappa shape index (κ2) is 6.13. The van der Waals surface area contributed by atoms with Crippen LogP contribution in [0.25, 0.3) is 0 Å². The topological polar surface area (TPSA) is 75.6 Å². The van der Waals surface area contributed by atoms with Crippen LogP contribution in [0.15, 0.2) is 18.2 Å². The molecule has 0 spiro atoms. The summed E-state index contributed by atoms with van der Waals surface area (Å²) in [4.78, 5) is 24.5. The van der Waals surface area contributed by atoms with Gasteiger partial charge in [-0.15, -0.1) is 0 Å².